The van der Waals surface area contributed by atoms with Gasteiger partial charge in [0.15, 0.2) is 6.23 Å². The van der Waals surface area contributed by atoms with Crippen molar-refractivity contribution in [2.75, 3.05) is 31.6 Å². The van der Waals surface area contributed by atoms with E-state index < -0.39 is 27.7 Å². The van der Waals surface area contributed by atoms with Crippen LogP contribution in [0.25, 0.3) is 0 Å². The lowest BCUT2D eigenvalue weighted by Crippen LogP contribution is -2.64. The summed E-state index contributed by atoms with van der Waals surface area (Å²) in [4.78, 5) is 20.1. The van der Waals surface area contributed by atoms with Crippen molar-refractivity contribution >= 4 is 21.7 Å². The zero-order valence-corrected chi connectivity index (χ0v) is 20.8. The molecule has 1 fully saturated rings. The van der Waals surface area contributed by atoms with Crippen molar-refractivity contribution in [3.8, 4) is 5.75 Å². The molecule has 1 saturated heterocycles. The van der Waals surface area contributed by atoms with E-state index in [1.54, 1.807) is 19.3 Å². The number of rotatable bonds is 11. The molecule has 0 bridgehead atoms. The Morgan fingerprint density at radius 1 is 1.18 bits per heavy atom. The molecule has 0 spiro atoms. The Bertz CT molecular complexity index is 1010. The van der Waals surface area contributed by atoms with E-state index in [2.05, 4.69) is 14.6 Å². The molecule has 3 atom stereocenters. The van der Waals surface area contributed by atoms with Gasteiger partial charge in [-0.15, -0.1) is 0 Å². The van der Waals surface area contributed by atoms with Gasteiger partial charge in [-0.2, -0.15) is 4.72 Å². The van der Waals surface area contributed by atoms with Crippen LogP contribution in [0.3, 0.4) is 0 Å². The third-order valence-corrected chi connectivity index (χ3v) is 8.06. The van der Waals surface area contributed by atoms with Gasteiger partial charge < -0.3 is 14.4 Å². The molecule has 1 aromatic carbocycles. The third-order valence-electron chi connectivity index (χ3n) is 6.06. The smallest absolute Gasteiger partial charge is 0.305 e. The van der Waals surface area contributed by atoms with Crippen LogP contribution in [0.2, 0.25) is 0 Å². The van der Waals surface area contributed by atoms with E-state index in [-0.39, 0.29) is 12.4 Å². The van der Waals surface area contributed by atoms with Crippen LogP contribution < -0.4 is 14.4 Å². The number of para-hydroxylation sites is 1. The summed E-state index contributed by atoms with van der Waals surface area (Å²) in [7, 11) is -2.22. The van der Waals surface area contributed by atoms with E-state index >= 15 is 0 Å². The Hall–Kier alpha value is -2.69. The van der Waals surface area contributed by atoms with Crippen molar-refractivity contribution < 1.29 is 22.7 Å². The van der Waals surface area contributed by atoms with Gasteiger partial charge in [0.25, 0.3) is 0 Å². The summed E-state index contributed by atoms with van der Waals surface area (Å²) in [5.41, 5.74) is 0.970. The summed E-state index contributed by atoms with van der Waals surface area (Å²) in [5, 5.41) is -0.533. The molecule has 2 aromatic rings. The van der Waals surface area contributed by atoms with Crippen molar-refractivity contribution in [2.24, 2.45) is 0 Å². The number of benzene rings is 1. The van der Waals surface area contributed by atoms with Crippen LogP contribution in [0.4, 0.5) is 5.69 Å². The van der Waals surface area contributed by atoms with Crippen LogP contribution in [0.5, 0.6) is 5.75 Å². The molecule has 1 aromatic heterocycles. The maximum absolute atomic E-state index is 13.0. The molecule has 3 unspecified atom stereocenters. The van der Waals surface area contributed by atoms with Gasteiger partial charge in [0, 0.05) is 44.1 Å². The molecule has 9 nitrogen and oxygen atoms in total. The van der Waals surface area contributed by atoms with Crippen molar-refractivity contribution in [2.45, 2.75) is 50.8 Å². The Morgan fingerprint density at radius 3 is 2.53 bits per heavy atom. The van der Waals surface area contributed by atoms with Gasteiger partial charge in [-0.25, -0.2) is 13.3 Å². The highest BCUT2D eigenvalue weighted by Gasteiger charge is 2.37. The second kappa shape index (κ2) is 12.1. The zero-order chi connectivity index (χ0) is 24.6. The minimum Gasteiger partial charge on any atom is -0.475 e. The van der Waals surface area contributed by atoms with E-state index in [9.17, 15) is 13.2 Å². The van der Waals surface area contributed by atoms with Gasteiger partial charge in [-0.05, 0) is 37.6 Å². The van der Waals surface area contributed by atoms with Crippen LogP contribution in [0, 0.1) is 0 Å². The van der Waals surface area contributed by atoms with Crippen molar-refractivity contribution in [1.29, 1.82) is 0 Å². The number of methoxy groups -OCH3 is 1. The number of carbonyl (C=O) groups is 1. The minimum absolute atomic E-state index is 0.156. The molecular weight excluding hydrogens is 456 g/mol. The maximum atomic E-state index is 13.0. The Morgan fingerprint density at radius 2 is 1.88 bits per heavy atom. The monoisotopic (exact) mass is 490 g/mol. The minimum atomic E-state index is -3.57. The van der Waals surface area contributed by atoms with Crippen LogP contribution in [-0.4, -0.2) is 68.7 Å². The Labute approximate surface area is 202 Å². The topological polar surface area (TPSA) is 101 Å². The summed E-state index contributed by atoms with van der Waals surface area (Å²) in [6.07, 6.45) is 3.39. The lowest BCUT2D eigenvalue weighted by molar-refractivity contribution is -0.142. The highest BCUT2D eigenvalue weighted by Crippen LogP contribution is 2.24. The number of nitrogens with one attached hydrogen (secondary N) is 1. The molecular formula is C24H34N4O5S. The summed E-state index contributed by atoms with van der Waals surface area (Å²) in [6.45, 7) is 5.18. The van der Waals surface area contributed by atoms with Crippen LogP contribution in [0.15, 0.2) is 54.9 Å². The molecule has 3 rings (SSSR count). The van der Waals surface area contributed by atoms with Crippen molar-refractivity contribution in [3.63, 3.8) is 0 Å². The SMILES string of the molecule is CCC(C)S(=O)(=O)NC1CN(c2ccncc2)CCN1C(CCC(=O)OC)Oc1ccccc1. The van der Waals surface area contributed by atoms with Crippen LogP contribution in [0.1, 0.15) is 33.1 Å². The molecule has 1 N–H and O–H groups in total. The molecule has 10 heteroatoms. The van der Waals surface area contributed by atoms with Gasteiger partial charge in [0.05, 0.1) is 24.9 Å². The lowest BCUT2D eigenvalue weighted by atomic mass is 10.2. The van der Waals surface area contributed by atoms with Gasteiger partial charge >= 0.3 is 5.97 Å². The number of hydrogen-bond donors (Lipinski definition) is 1. The number of esters is 1. The highest BCUT2D eigenvalue weighted by atomic mass is 32.2. The molecule has 1 aliphatic heterocycles. The largest absolute Gasteiger partial charge is 0.475 e. The molecule has 0 aliphatic carbocycles. The fourth-order valence-electron chi connectivity index (χ4n) is 3.85. The van der Waals surface area contributed by atoms with E-state index in [1.807, 2.05) is 54.3 Å². The molecule has 0 saturated carbocycles. The second-order valence-corrected chi connectivity index (χ2v) is 10.4. The molecule has 0 amide bonds. The van der Waals surface area contributed by atoms with E-state index in [0.717, 1.165) is 5.69 Å². The molecule has 34 heavy (non-hydrogen) atoms. The molecule has 186 valence electrons. The fourth-order valence-corrected chi connectivity index (χ4v) is 5.11. The number of hydrogen-bond acceptors (Lipinski definition) is 8. The third kappa shape index (κ3) is 6.91. The first-order chi connectivity index (χ1) is 16.3. The molecule has 1 aliphatic rings. The summed E-state index contributed by atoms with van der Waals surface area (Å²) >= 11 is 0. The highest BCUT2D eigenvalue weighted by molar-refractivity contribution is 7.90. The number of anilines is 1. The van der Waals surface area contributed by atoms with Crippen LogP contribution in [-0.2, 0) is 19.6 Å². The van der Waals surface area contributed by atoms with Gasteiger partial charge in [0.1, 0.15) is 5.75 Å². The van der Waals surface area contributed by atoms with Gasteiger partial charge in [-0.3, -0.25) is 9.78 Å². The second-order valence-electron chi connectivity index (χ2n) is 8.29. The first-order valence-corrected chi connectivity index (χ1v) is 13.1. The molecule has 2 heterocycles. The van der Waals surface area contributed by atoms with E-state index in [4.69, 9.17) is 9.47 Å². The number of pyridine rings is 1. The average molecular weight is 491 g/mol. The van der Waals surface area contributed by atoms with Gasteiger partial charge in [0.2, 0.25) is 10.0 Å². The summed E-state index contributed by atoms with van der Waals surface area (Å²) in [6, 6.07) is 13.1. The van der Waals surface area contributed by atoms with Crippen molar-refractivity contribution in [3.05, 3.63) is 54.9 Å². The number of sulfonamides is 1. The number of aromatic nitrogens is 1. The normalized spacial score (nSPS) is 18.8. The molecule has 0 radical (unpaired) electrons. The number of ether oxygens (including phenoxy) is 2. The van der Waals surface area contributed by atoms with Gasteiger partial charge in [-0.1, -0.05) is 25.1 Å². The Balaban J connectivity index is 1.89. The predicted molar refractivity (Wildman–Crippen MR) is 131 cm³/mol. The van der Waals surface area contributed by atoms with E-state index in [1.165, 1.54) is 7.11 Å². The quantitative estimate of drug-likeness (QED) is 0.480. The average Bonchev–Trinajstić information content (AvgIpc) is 2.86. The first-order valence-electron chi connectivity index (χ1n) is 11.5. The number of piperazine rings is 1. The first kappa shape index (κ1) is 25.9. The van der Waals surface area contributed by atoms with Crippen LogP contribution >= 0.6 is 0 Å². The number of carbonyl (C=O) groups excluding carboxylic acids is 1. The summed E-state index contributed by atoms with van der Waals surface area (Å²) in [5.74, 6) is 0.311. The Kier molecular flexibility index (Phi) is 9.26. The maximum Gasteiger partial charge on any atom is 0.305 e. The fraction of sp³-hybridized carbons (Fsp3) is 0.500. The zero-order valence-electron chi connectivity index (χ0n) is 20.0. The lowest BCUT2D eigenvalue weighted by Gasteiger charge is -2.45. The van der Waals surface area contributed by atoms with E-state index in [0.29, 0.717) is 38.2 Å². The summed E-state index contributed by atoms with van der Waals surface area (Å²) < 4.78 is 40.1. The van der Waals surface area contributed by atoms with Crippen molar-refractivity contribution in [1.82, 2.24) is 14.6 Å². The predicted octanol–water partition coefficient (Wildman–Crippen LogP) is 2.61. The number of nitrogens with zero attached hydrogens (tertiary/aromatic N) is 3. The standard InChI is InChI=1S/C24H34N4O5S/c1-4-19(2)34(30,31)26-22-18-27(20-12-14-25-15-13-20)16-17-28(22)23(10-11-24(29)32-3)33-21-8-6-5-7-9-21/h5-9,12-15,19,22-23,26H,4,10-11,16-18H2,1-3H3.